The fraction of sp³-hybridized carbons (Fsp3) is 0.111. The Labute approximate surface area is 145 Å². The zero-order valence-corrected chi connectivity index (χ0v) is 14.4. The first-order chi connectivity index (χ1) is 11.1. The van der Waals surface area contributed by atoms with Gasteiger partial charge in [0.15, 0.2) is 5.82 Å². The number of hydrogen-bond donors (Lipinski definition) is 1. The van der Waals surface area contributed by atoms with Crippen LogP contribution in [0.25, 0.3) is 0 Å². The highest BCUT2D eigenvalue weighted by atomic mass is 35.5. The highest BCUT2D eigenvalue weighted by molar-refractivity contribution is 7.81. The summed E-state index contributed by atoms with van der Waals surface area (Å²) in [7, 11) is 1.91. The fourth-order valence-corrected chi connectivity index (χ4v) is 3.06. The van der Waals surface area contributed by atoms with Crippen molar-refractivity contribution in [2.24, 2.45) is 7.05 Å². The summed E-state index contributed by atoms with van der Waals surface area (Å²) in [6.45, 7) is 2.06. The Bertz CT molecular complexity index is 870. The second-order valence-electron chi connectivity index (χ2n) is 5.33. The van der Waals surface area contributed by atoms with E-state index in [9.17, 15) is 0 Å². The Morgan fingerprint density at radius 2 is 2.00 bits per heavy atom. The summed E-state index contributed by atoms with van der Waals surface area (Å²) in [5.41, 5.74) is 3.97. The minimum atomic E-state index is 0.608. The van der Waals surface area contributed by atoms with Gasteiger partial charge in [-0.1, -0.05) is 42.0 Å². The predicted molar refractivity (Wildman–Crippen MR) is 99.9 cm³/mol. The van der Waals surface area contributed by atoms with Crippen LogP contribution in [-0.2, 0) is 7.05 Å². The number of nitrogens with one attached hydrogen (secondary N) is 1. The van der Waals surface area contributed by atoms with Crippen LogP contribution in [0.5, 0.6) is 0 Å². The number of halogens is 1. The van der Waals surface area contributed by atoms with E-state index < -0.39 is 0 Å². The SMILES string of the molecule is Cc1ccccc1Nc1ccc(C(=S)c2nccn2C)c(Cl)c1. The van der Waals surface area contributed by atoms with Crippen LogP contribution in [0.4, 0.5) is 11.4 Å². The van der Waals surface area contributed by atoms with Gasteiger partial charge in [-0.05, 0) is 36.8 Å². The number of nitrogens with zero attached hydrogens (tertiary/aromatic N) is 2. The molecule has 0 spiro atoms. The first-order valence-electron chi connectivity index (χ1n) is 7.20. The lowest BCUT2D eigenvalue weighted by atomic mass is 10.1. The van der Waals surface area contributed by atoms with Gasteiger partial charge in [0.2, 0.25) is 0 Å². The Morgan fingerprint density at radius 1 is 1.22 bits per heavy atom. The molecule has 1 aromatic heterocycles. The normalized spacial score (nSPS) is 10.6. The van der Waals surface area contributed by atoms with Crippen LogP contribution in [0, 0.1) is 6.92 Å². The van der Waals surface area contributed by atoms with E-state index in [0.29, 0.717) is 9.89 Å². The third kappa shape index (κ3) is 3.28. The molecule has 0 amide bonds. The van der Waals surface area contributed by atoms with Gasteiger partial charge in [0.25, 0.3) is 0 Å². The van der Waals surface area contributed by atoms with E-state index in [-0.39, 0.29) is 0 Å². The quantitative estimate of drug-likeness (QED) is 0.541. The number of benzene rings is 2. The maximum atomic E-state index is 6.43. The molecule has 23 heavy (non-hydrogen) atoms. The summed E-state index contributed by atoms with van der Waals surface area (Å²) < 4.78 is 1.89. The molecule has 3 aromatic rings. The molecular weight excluding hydrogens is 326 g/mol. The molecule has 2 aromatic carbocycles. The number of thiocarbonyl (C=S) groups is 1. The van der Waals surface area contributed by atoms with Gasteiger partial charge in [-0.25, -0.2) is 4.98 Å². The number of aromatic nitrogens is 2. The van der Waals surface area contributed by atoms with Crippen molar-refractivity contribution in [1.29, 1.82) is 0 Å². The summed E-state index contributed by atoms with van der Waals surface area (Å²) in [5, 5.41) is 3.98. The number of rotatable bonds is 4. The largest absolute Gasteiger partial charge is 0.355 e. The second kappa shape index (κ2) is 6.52. The third-order valence-electron chi connectivity index (χ3n) is 3.66. The summed E-state index contributed by atoms with van der Waals surface area (Å²) in [5.74, 6) is 0.738. The van der Waals surface area contributed by atoms with E-state index in [2.05, 4.69) is 23.3 Å². The molecule has 0 saturated heterocycles. The number of hydrogen-bond acceptors (Lipinski definition) is 3. The lowest BCUT2D eigenvalue weighted by Gasteiger charge is -2.12. The number of para-hydroxylation sites is 1. The average Bonchev–Trinajstić information content (AvgIpc) is 2.95. The molecule has 0 unspecified atom stereocenters. The molecule has 5 heteroatoms. The Balaban J connectivity index is 1.88. The highest BCUT2D eigenvalue weighted by Gasteiger charge is 2.13. The van der Waals surface area contributed by atoms with Crippen molar-refractivity contribution in [3.63, 3.8) is 0 Å². The molecule has 1 heterocycles. The number of imidazole rings is 1. The second-order valence-corrected chi connectivity index (χ2v) is 6.14. The summed E-state index contributed by atoms with van der Waals surface area (Å²) in [6.07, 6.45) is 3.59. The molecule has 1 N–H and O–H groups in total. The van der Waals surface area contributed by atoms with Gasteiger partial charge in [0.05, 0.1) is 9.89 Å². The summed E-state index contributed by atoms with van der Waals surface area (Å²) >= 11 is 12.0. The van der Waals surface area contributed by atoms with Gasteiger partial charge < -0.3 is 9.88 Å². The van der Waals surface area contributed by atoms with Gasteiger partial charge in [-0.15, -0.1) is 0 Å². The van der Waals surface area contributed by atoms with E-state index in [4.69, 9.17) is 23.8 Å². The van der Waals surface area contributed by atoms with Crippen molar-refractivity contribution in [1.82, 2.24) is 9.55 Å². The molecule has 0 bridgehead atoms. The molecule has 0 radical (unpaired) electrons. The van der Waals surface area contributed by atoms with Crippen molar-refractivity contribution in [3.8, 4) is 0 Å². The van der Waals surface area contributed by atoms with Crippen molar-refractivity contribution in [2.75, 3.05) is 5.32 Å². The smallest absolute Gasteiger partial charge is 0.151 e. The molecule has 0 aliphatic heterocycles. The van der Waals surface area contributed by atoms with Crippen LogP contribution in [0.15, 0.2) is 54.9 Å². The maximum absolute atomic E-state index is 6.43. The van der Waals surface area contributed by atoms with Crippen LogP contribution in [-0.4, -0.2) is 14.4 Å². The summed E-state index contributed by atoms with van der Waals surface area (Å²) in [6, 6.07) is 13.9. The van der Waals surface area contributed by atoms with Crippen molar-refractivity contribution in [3.05, 3.63) is 76.8 Å². The molecule has 0 atom stereocenters. The average molecular weight is 342 g/mol. The Morgan fingerprint density at radius 3 is 2.65 bits per heavy atom. The van der Waals surface area contributed by atoms with Gasteiger partial charge in [0.1, 0.15) is 0 Å². The summed E-state index contributed by atoms with van der Waals surface area (Å²) in [4.78, 5) is 4.93. The van der Waals surface area contributed by atoms with Crippen LogP contribution in [0.3, 0.4) is 0 Å². The third-order valence-corrected chi connectivity index (χ3v) is 4.38. The van der Waals surface area contributed by atoms with E-state index in [1.807, 2.05) is 54.2 Å². The Hall–Kier alpha value is -2.17. The standard InChI is InChI=1S/C18H16ClN3S/c1-12-5-3-4-6-16(12)21-13-7-8-14(15(19)11-13)17(23)18-20-9-10-22(18)2/h3-11,21H,1-2H3. The molecule has 116 valence electrons. The molecule has 0 aliphatic carbocycles. The monoisotopic (exact) mass is 341 g/mol. The lowest BCUT2D eigenvalue weighted by Crippen LogP contribution is -2.08. The van der Waals surface area contributed by atoms with Crippen molar-refractivity contribution >= 4 is 40.1 Å². The van der Waals surface area contributed by atoms with Crippen LogP contribution in [0.1, 0.15) is 17.0 Å². The molecule has 0 fully saturated rings. The van der Waals surface area contributed by atoms with Crippen molar-refractivity contribution in [2.45, 2.75) is 6.92 Å². The molecule has 0 saturated carbocycles. The minimum absolute atomic E-state index is 0.608. The topological polar surface area (TPSA) is 29.9 Å². The van der Waals surface area contributed by atoms with Crippen LogP contribution < -0.4 is 5.32 Å². The predicted octanol–water partition coefficient (Wildman–Crippen LogP) is 4.89. The first-order valence-corrected chi connectivity index (χ1v) is 7.99. The van der Waals surface area contributed by atoms with Gasteiger partial charge in [-0.2, -0.15) is 0 Å². The maximum Gasteiger partial charge on any atom is 0.151 e. The molecule has 3 rings (SSSR count). The zero-order chi connectivity index (χ0) is 16.4. The van der Waals surface area contributed by atoms with E-state index in [1.54, 1.807) is 6.20 Å². The van der Waals surface area contributed by atoms with Crippen LogP contribution >= 0.6 is 23.8 Å². The van der Waals surface area contributed by atoms with Gasteiger partial charge >= 0.3 is 0 Å². The van der Waals surface area contributed by atoms with Crippen molar-refractivity contribution < 1.29 is 0 Å². The van der Waals surface area contributed by atoms with E-state index >= 15 is 0 Å². The lowest BCUT2D eigenvalue weighted by molar-refractivity contribution is 0.901. The number of aryl methyl sites for hydroxylation is 2. The zero-order valence-electron chi connectivity index (χ0n) is 12.9. The molecule has 0 aliphatic rings. The fourth-order valence-electron chi connectivity index (χ4n) is 2.35. The number of anilines is 2. The minimum Gasteiger partial charge on any atom is -0.355 e. The highest BCUT2D eigenvalue weighted by Crippen LogP contribution is 2.27. The Kier molecular flexibility index (Phi) is 4.46. The van der Waals surface area contributed by atoms with E-state index in [1.165, 1.54) is 5.56 Å². The van der Waals surface area contributed by atoms with E-state index in [0.717, 1.165) is 22.8 Å². The first kappa shape index (κ1) is 15.7. The van der Waals surface area contributed by atoms with Crippen LogP contribution in [0.2, 0.25) is 5.02 Å². The van der Waals surface area contributed by atoms with Gasteiger partial charge in [0, 0.05) is 36.4 Å². The van der Waals surface area contributed by atoms with Gasteiger partial charge in [-0.3, -0.25) is 0 Å². The molecule has 3 nitrogen and oxygen atoms in total. The molecular formula is C18H16ClN3S.